The van der Waals surface area contributed by atoms with Gasteiger partial charge in [-0.15, -0.1) is 0 Å². The number of benzene rings is 1. The van der Waals surface area contributed by atoms with Crippen molar-refractivity contribution in [2.45, 2.75) is 77.0 Å². The molecule has 0 bridgehead atoms. The smallest absolute Gasteiger partial charge is 0.288 e. The molecule has 3 heterocycles. The molecule has 1 aromatic rings. The van der Waals surface area contributed by atoms with Gasteiger partial charge in [-0.25, -0.2) is 4.99 Å². The first-order valence-corrected chi connectivity index (χ1v) is 12.7. The Bertz CT molecular complexity index is 762. The van der Waals surface area contributed by atoms with Gasteiger partial charge in [0, 0.05) is 32.1 Å². The minimum atomic E-state index is -0.0221. The number of carbonyl (C=O) groups excluding carboxylic acids is 1. The molecule has 0 aliphatic carbocycles. The van der Waals surface area contributed by atoms with Crippen LogP contribution in [-0.2, 0) is 9.53 Å². The maximum atomic E-state index is 12.8. The molecule has 0 N–H and O–H groups in total. The quantitative estimate of drug-likeness (QED) is 0.600. The number of ether oxygens (including phenoxy) is 1. The molecule has 32 heavy (non-hydrogen) atoms. The zero-order valence-electron chi connectivity index (χ0n) is 19.9. The number of aliphatic imine (C=N–C) groups is 1. The number of hydrogen-bond donors (Lipinski definition) is 0. The number of amides is 1. The second-order valence-corrected chi connectivity index (χ2v) is 9.70. The van der Waals surface area contributed by atoms with E-state index in [9.17, 15) is 4.79 Å². The van der Waals surface area contributed by atoms with Crippen LogP contribution in [0.4, 0.5) is 0 Å². The summed E-state index contributed by atoms with van der Waals surface area (Å²) in [5.74, 6) is 0.305. The van der Waals surface area contributed by atoms with Gasteiger partial charge in [0.15, 0.2) is 0 Å². The first kappa shape index (κ1) is 23.1. The van der Waals surface area contributed by atoms with Gasteiger partial charge in [-0.3, -0.25) is 4.79 Å². The molecule has 2 fully saturated rings. The maximum absolute atomic E-state index is 12.8. The van der Waals surface area contributed by atoms with Crippen molar-refractivity contribution in [1.29, 1.82) is 0 Å². The molecular formula is C26H40N4O2. The van der Waals surface area contributed by atoms with Crippen LogP contribution in [0.1, 0.15) is 70.5 Å². The Hall–Kier alpha value is -2.08. The Morgan fingerprint density at radius 1 is 1.00 bits per heavy atom. The first-order chi connectivity index (χ1) is 15.6. The molecule has 0 unspecified atom stereocenters. The number of rotatable bonds is 7. The van der Waals surface area contributed by atoms with Crippen molar-refractivity contribution in [2.24, 2.45) is 4.99 Å². The monoisotopic (exact) mass is 440 g/mol. The lowest BCUT2D eigenvalue weighted by atomic mass is 10.0. The molecule has 0 aromatic heterocycles. The molecule has 4 rings (SSSR count). The van der Waals surface area contributed by atoms with E-state index in [1.54, 1.807) is 0 Å². The van der Waals surface area contributed by atoms with E-state index in [1.165, 1.54) is 50.9 Å². The van der Waals surface area contributed by atoms with Gasteiger partial charge in [-0.1, -0.05) is 43.2 Å². The lowest BCUT2D eigenvalue weighted by Crippen LogP contribution is -2.55. The van der Waals surface area contributed by atoms with Crippen LogP contribution in [0, 0.1) is 0 Å². The van der Waals surface area contributed by atoms with E-state index in [0.29, 0.717) is 12.3 Å². The van der Waals surface area contributed by atoms with Crippen LogP contribution in [0.15, 0.2) is 35.3 Å². The van der Waals surface area contributed by atoms with Crippen molar-refractivity contribution in [3.8, 4) is 0 Å². The van der Waals surface area contributed by atoms with Crippen LogP contribution in [0.2, 0.25) is 0 Å². The average Bonchev–Trinajstić information content (AvgIpc) is 3.21. The van der Waals surface area contributed by atoms with Crippen molar-refractivity contribution >= 4 is 11.9 Å². The third kappa shape index (κ3) is 5.83. The largest absolute Gasteiger partial charge is 0.455 e. The third-order valence-electron chi connectivity index (χ3n) is 7.14. The molecule has 0 radical (unpaired) electrons. The highest BCUT2D eigenvalue weighted by Crippen LogP contribution is 2.30. The summed E-state index contributed by atoms with van der Waals surface area (Å²) in [6.45, 7) is 10.3. The van der Waals surface area contributed by atoms with Crippen molar-refractivity contribution < 1.29 is 9.53 Å². The van der Waals surface area contributed by atoms with Gasteiger partial charge in [0.2, 0.25) is 5.91 Å². The summed E-state index contributed by atoms with van der Waals surface area (Å²) in [4.78, 5) is 24.5. The minimum Gasteiger partial charge on any atom is -0.455 e. The Morgan fingerprint density at radius 2 is 1.78 bits per heavy atom. The zero-order chi connectivity index (χ0) is 22.3. The molecule has 1 amide bonds. The number of unbranched alkanes of at least 4 members (excludes halogenated alkanes) is 2. The Kier molecular flexibility index (Phi) is 8.06. The SMILES string of the molecule is C[C@@H]1N=C(N2CCN(C(=O)CCCCCN3CCCCC3)[C@H](C)C2)O[C@H]1c1ccccc1. The van der Waals surface area contributed by atoms with Crippen LogP contribution < -0.4 is 0 Å². The normalized spacial score (nSPS) is 26.7. The summed E-state index contributed by atoms with van der Waals surface area (Å²) in [5.41, 5.74) is 1.17. The summed E-state index contributed by atoms with van der Waals surface area (Å²) < 4.78 is 6.25. The van der Waals surface area contributed by atoms with E-state index < -0.39 is 0 Å². The minimum absolute atomic E-state index is 0.0221. The Labute approximate surface area is 193 Å². The van der Waals surface area contributed by atoms with E-state index in [-0.39, 0.29) is 18.2 Å². The van der Waals surface area contributed by atoms with Gasteiger partial charge in [0.1, 0.15) is 6.10 Å². The molecule has 3 aliphatic heterocycles. The number of piperazine rings is 1. The van der Waals surface area contributed by atoms with Gasteiger partial charge >= 0.3 is 0 Å². The summed E-state index contributed by atoms with van der Waals surface area (Å²) in [6.07, 6.45) is 8.13. The lowest BCUT2D eigenvalue weighted by Gasteiger charge is -2.40. The second kappa shape index (κ2) is 11.2. The van der Waals surface area contributed by atoms with Crippen LogP contribution in [-0.4, -0.2) is 78.0 Å². The van der Waals surface area contributed by atoms with Gasteiger partial charge in [0.05, 0.1) is 6.04 Å². The fourth-order valence-corrected chi connectivity index (χ4v) is 5.25. The van der Waals surface area contributed by atoms with Gasteiger partial charge in [-0.2, -0.15) is 0 Å². The Morgan fingerprint density at radius 3 is 2.53 bits per heavy atom. The number of nitrogens with zero attached hydrogens (tertiary/aromatic N) is 4. The van der Waals surface area contributed by atoms with Crippen molar-refractivity contribution in [2.75, 3.05) is 39.3 Å². The predicted octanol–water partition coefficient (Wildman–Crippen LogP) is 4.08. The maximum Gasteiger partial charge on any atom is 0.288 e. The van der Waals surface area contributed by atoms with Crippen LogP contribution in [0.5, 0.6) is 0 Å². The Balaban J connectivity index is 1.18. The van der Waals surface area contributed by atoms with Gasteiger partial charge in [0.25, 0.3) is 6.02 Å². The van der Waals surface area contributed by atoms with Crippen molar-refractivity contribution in [1.82, 2.24) is 14.7 Å². The molecule has 3 atom stereocenters. The number of likely N-dealkylation sites (tertiary alicyclic amines) is 1. The van der Waals surface area contributed by atoms with E-state index >= 15 is 0 Å². The zero-order valence-corrected chi connectivity index (χ0v) is 19.9. The number of hydrogen-bond acceptors (Lipinski definition) is 5. The highest BCUT2D eigenvalue weighted by atomic mass is 16.5. The highest BCUT2D eigenvalue weighted by Gasteiger charge is 2.35. The van der Waals surface area contributed by atoms with Gasteiger partial charge in [-0.05, 0) is 64.7 Å². The molecule has 0 spiro atoms. The average molecular weight is 441 g/mol. The number of piperidine rings is 1. The summed E-state index contributed by atoms with van der Waals surface area (Å²) in [5, 5.41) is 0. The number of amidine groups is 1. The van der Waals surface area contributed by atoms with Gasteiger partial charge < -0.3 is 19.4 Å². The molecule has 6 nitrogen and oxygen atoms in total. The van der Waals surface area contributed by atoms with Crippen molar-refractivity contribution in [3.63, 3.8) is 0 Å². The van der Waals surface area contributed by atoms with Crippen LogP contribution >= 0.6 is 0 Å². The first-order valence-electron chi connectivity index (χ1n) is 12.7. The highest BCUT2D eigenvalue weighted by molar-refractivity contribution is 5.78. The van der Waals surface area contributed by atoms with E-state index in [0.717, 1.165) is 38.5 Å². The fraction of sp³-hybridized carbons (Fsp3) is 0.692. The standard InChI is InChI=1S/C26H40N4O2/c1-21-20-29(26-27-22(2)25(32-26)23-12-6-3-7-13-23)18-19-30(21)24(31)14-8-4-9-15-28-16-10-5-11-17-28/h3,6-7,12-13,21-22,25H,4-5,8-11,14-20H2,1-2H3/t21-,22+,25-/m1/s1. The van der Waals surface area contributed by atoms with E-state index in [4.69, 9.17) is 9.73 Å². The van der Waals surface area contributed by atoms with Crippen LogP contribution in [0.3, 0.4) is 0 Å². The molecule has 2 saturated heterocycles. The van der Waals surface area contributed by atoms with Crippen molar-refractivity contribution in [3.05, 3.63) is 35.9 Å². The fourth-order valence-electron chi connectivity index (χ4n) is 5.25. The molecular weight excluding hydrogens is 400 g/mol. The van der Waals surface area contributed by atoms with Crippen LogP contribution in [0.25, 0.3) is 0 Å². The molecule has 1 aromatic carbocycles. The third-order valence-corrected chi connectivity index (χ3v) is 7.14. The topological polar surface area (TPSA) is 48.4 Å². The molecule has 176 valence electrons. The second-order valence-electron chi connectivity index (χ2n) is 9.70. The lowest BCUT2D eigenvalue weighted by molar-refractivity contribution is -0.135. The summed E-state index contributed by atoms with van der Waals surface area (Å²) in [7, 11) is 0. The molecule has 0 saturated carbocycles. The predicted molar refractivity (Wildman–Crippen MR) is 129 cm³/mol. The number of carbonyl (C=O) groups is 1. The van der Waals surface area contributed by atoms with E-state index in [1.807, 2.05) is 18.2 Å². The van der Waals surface area contributed by atoms with E-state index in [2.05, 4.69) is 40.7 Å². The summed E-state index contributed by atoms with van der Waals surface area (Å²) >= 11 is 0. The summed E-state index contributed by atoms with van der Waals surface area (Å²) in [6, 6.07) is 11.3. The molecule has 6 heteroatoms. The molecule has 3 aliphatic rings.